The zero-order chi connectivity index (χ0) is 30.8. The van der Waals surface area contributed by atoms with Gasteiger partial charge in [0, 0.05) is 10.9 Å². The van der Waals surface area contributed by atoms with E-state index in [4.69, 9.17) is 5.73 Å². The average molecular weight is 615 g/mol. The molecule has 15 heteroatoms. The molecule has 4 heterocycles. The van der Waals surface area contributed by atoms with E-state index < -0.39 is 41.2 Å². The van der Waals surface area contributed by atoms with Crippen LogP contribution in [0.1, 0.15) is 37.0 Å². The third-order valence-electron chi connectivity index (χ3n) is 6.68. The molecule has 0 bridgehead atoms. The van der Waals surface area contributed by atoms with Crippen molar-refractivity contribution in [3.8, 4) is 11.3 Å². The van der Waals surface area contributed by atoms with E-state index in [9.17, 15) is 35.9 Å². The van der Waals surface area contributed by atoms with Gasteiger partial charge in [0.1, 0.15) is 21.0 Å². The molecular formula is C28H16F6N6O2S. The van der Waals surface area contributed by atoms with Crippen molar-refractivity contribution in [2.24, 2.45) is 5.73 Å². The van der Waals surface area contributed by atoms with Crippen LogP contribution in [0.2, 0.25) is 0 Å². The van der Waals surface area contributed by atoms with Crippen LogP contribution in [0.15, 0.2) is 60.8 Å². The van der Waals surface area contributed by atoms with Gasteiger partial charge < -0.3 is 11.1 Å². The van der Waals surface area contributed by atoms with Crippen LogP contribution in [-0.2, 0) is 12.4 Å². The predicted molar refractivity (Wildman–Crippen MR) is 147 cm³/mol. The quantitative estimate of drug-likeness (QED) is 0.211. The number of hydrogen-bond acceptors (Lipinski definition) is 6. The molecule has 0 aliphatic rings. The summed E-state index contributed by atoms with van der Waals surface area (Å²) in [5.74, 6) is -2.07. The molecular weight excluding hydrogens is 598 g/mol. The fourth-order valence-corrected chi connectivity index (χ4v) is 5.87. The van der Waals surface area contributed by atoms with E-state index in [0.29, 0.717) is 26.8 Å². The molecule has 2 amide bonds. The first kappa shape index (κ1) is 28.1. The summed E-state index contributed by atoms with van der Waals surface area (Å²) in [6.07, 6.45) is -8.78. The average Bonchev–Trinajstić information content (AvgIpc) is 3.53. The minimum absolute atomic E-state index is 0.0250. The predicted octanol–water partition coefficient (Wildman–Crippen LogP) is 6.86. The molecule has 4 aromatic heterocycles. The highest BCUT2D eigenvalue weighted by Crippen LogP contribution is 2.40. The van der Waals surface area contributed by atoms with E-state index in [1.165, 1.54) is 6.92 Å². The molecule has 8 nitrogen and oxygen atoms in total. The third kappa shape index (κ3) is 4.80. The summed E-state index contributed by atoms with van der Waals surface area (Å²) in [7, 11) is 0. The van der Waals surface area contributed by atoms with Crippen molar-refractivity contribution in [3.63, 3.8) is 0 Å². The number of thiophene rings is 1. The van der Waals surface area contributed by atoms with Crippen molar-refractivity contribution >= 4 is 55.5 Å². The standard InChI is InChI=1S/C28H16F6N6O2S/c1-12-9-18(27(29,30)31)38-26-20(12)21(22(43-26)23(35)41)39-25(42)16-11-36-40-19(28(32,33)34)10-17(37-24(16)40)15-8-4-6-13-5-2-3-7-14(13)15/h2-11H,1H3,(H2,35,41)(H,39,42). The number of aromatic nitrogens is 4. The maximum Gasteiger partial charge on any atom is 0.433 e. The smallest absolute Gasteiger partial charge is 0.365 e. The lowest BCUT2D eigenvalue weighted by atomic mass is 10.0. The Balaban J connectivity index is 1.52. The summed E-state index contributed by atoms with van der Waals surface area (Å²) in [5.41, 5.74) is 2.32. The Bertz CT molecular complexity index is 2110. The number of primary amides is 1. The summed E-state index contributed by atoms with van der Waals surface area (Å²) in [6, 6.07) is 13.6. The van der Waals surface area contributed by atoms with E-state index in [1.54, 1.807) is 42.5 Å². The number of rotatable bonds is 4. The Morgan fingerprint density at radius 3 is 2.37 bits per heavy atom. The number of nitrogens with one attached hydrogen (secondary N) is 1. The molecule has 2 aromatic carbocycles. The fourth-order valence-electron chi connectivity index (χ4n) is 4.81. The van der Waals surface area contributed by atoms with Gasteiger partial charge in [-0.05, 0) is 35.4 Å². The van der Waals surface area contributed by atoms with Gasteiger partial charge in [0.05, 0.1) is 17.6 Å². The van der Waals surface area contributed by atoms with E-state index >= 15 is 0 Å². The van der Waals surface area contributed by atoms with Gasteiger partial charge in [0.15, 0.2) is 11.3 Å². The second-order valence-electron chi connectivity index (χ2n) is 9.47. The number of hydrogen-bond donors (Lipinski definition) is 2. The zero-order valence-corrected chi connectivity index (χ0v) is 22.4. The lowest BCUT2D eigenvalue weighted by Crippen LogP contribution is -2.18. The molecule has 3 N–H and O–H groups in total. The Labute approximate surface area is 240 Å². The molecule has 0 aliphatic heterocycles. The lowest BCUT2D eigenvalue weighted by molar-refractivity contribution is -0.143. The van der Waals surface area contributed by atoms with Gasteiger partial charge in [-0.1, -0.05) is 42.5 Å². The number of halogens is 6. The van der Waals surface area contributed by atoms with Crippen LogP contribution in [0.25, 0.3) is 37.9 Å². The molecule has 0 unspecified atom stereocenters. The summed E-state index contributed by atoms with van der Waals surface area (Å²) < 4.78 is 83.1. The van der Waals surface area contributed by atoms with Crippen molar-refractivity contribution in [3.05, 3.63) is 88.2 Å². The van der Waals surface area contributed by atoms with Crippen LogP contribution in [0.5, 0.6) is 0 Å². The molecule has 0 fully saturated rings. The summed E-state index contributed by atoms with van der Waals surface area (Å²) in [6.45, 7) is 1.33. The number of carbonyl (C=O) groups is 2. The van der Waals surface area contributed by atoms with Crippen LogP contribution < -0.4 is 11.1 Å². The molecule has 0 atom stereocenters. The van der Waals surface area contributed by atoms with E-state index in [1.807, 2.05) is 0 Å². The Hall–Kier alpha value is -5.05. The molecule has 6 rings (SSSR count). The number of pyridine rings is 1. The van der Waals surface area contributed by atoms with Gasteiger partial charge in [-0.15, -0.1) is 11.3 Å². The first-order valence-corrected chi connectivity index (χ1v) is 13.1. The van der Waals surface area contributed by atoms with Crippen LogP contribution in [-0.4, -0.2) is 31.4 Å². The molecule has 0 saturated heterocycles. The van der Waals surface area contributed by atoms with Crippen LogP contribution in [0.4, 0.5) is 32.0 Å². The number of nitrogens with zero attached hydrogens (tertiary/aromatic N) is 4. The van der Waals surface area contributed by atoms with Crippen LogP contribution >= 0.6 is 11.3 Å². The Kier molecular flexibility index (Phi) is 6.38. The molecule has 6 aromatic rings. The monoisotopic (exact) mass is 614 g/mol. The highest BCUT2D eigenvalue weighted by molar-refractivity contribution is 7.21. The van der Waals surface area contributed by atoms with Crippen molar-refractivity contribution < 1.29 is 35.9 Å². The van der Waals surface area contributed by atoms with Crippen molar-refractivity contribution in [2.45, 2.75) is 19.3 Å². The lowest BCUT2D eigenvalue weighted by Gasteiger charge is -2.13. The molecule has 0 saturated carbocycles. The number of anilines is 1. The molecule has 218 valence electrons. The first-order valence-electron chi connectivity index (χ1n) is 12.3. The van der Waals surface area contributed by atoms with Crippen LogP contribution in [0, 0.1) is 6.92 Å². The van der Waals surface area contributed by atoms with Crippen molar-refractivity contribution in [1.82, 2.24) is 19.6 Å². The van der Waals surface area contributed by atoms with Gasteiger partial charge >= 0.3 is 12.4 Å². The maximum absolute atomic E-state index is 14.2. The van der Waals surface area contributed by atoms with Gasteiger partial charge in [-0.3, -0.25) is 9.59 Å². The minimum atomic E-state index is -4.89. The largest absolute Gasteiger partial charge is 0.433 e. The van der Waals surface area contributed by atoms with E-state index in [0.717, 1.165) is 23.7 Å². The first-order chi connectivity index (χ1) is 20.2. The van der Waals surface area contributed by atoms with Gasteiger partial charge in [-0.2, -0.15) is 31.4 Å². The number of nitrogens with two attached hydrogens (primary N) is 1. The number of amides is 2. The number of carbonyl (C=O) groups excluding carboxylic acids is 2. The van der Waals surface area contributed by atoms with E-state index in [2.05, 4.69) is 20.4 Å². The number of fused-ring (bicyclic) bond motifs is 3. The SMILES string of the molecule is Cc1cc(C(F)(F)F)nc2sc(C(N)=O)c(NC(=O)c3cnn4c(C(F)(F)F)cc(-c5cccc6ccccc56)nc34)c12. The Morgan fingerprint density at radius 2 is 1.67 bits per heavy atom. The Morgan fingerprint density at radius 1 is 0.953 bits per heavy atom. The van der Waals surface area contributed by atoms with Crippen LogP contribution in [0.3, 0.4) is 0 Å². The highest BCUT2D eigenvalue weighted by Gasteiger charge is 2.37. The van der Waals surface area contributed by atoms with Crippen molar-refractivity contribution in [2.75, 3.05) is 5.32 Å². The molecule has 0 aliphatic carbocycles. The summed E-state index contributed by atoms with van der Waals surface area (Å²) in [5, 5.41) is 7.59. The second kappa shape index (κ2) is 9.76. The summed E-state index contributed by atoms with van der Waals surface area (Å²) >= 11 is 0.540. The molecule has 0 spiro atoms. The topological polar surface area (TPSA) is 115 Å². The van der Waals surface area contributed by atoms with Crippen molar-refractivity contribution in [1.29, 1.82) is 0 Å². The van der Waals surface area contributed by atoms with Gasteiger partial charge in [0.2, 0.25) is 0 Å². The zero-order valence-electron chi connectivity index (χ0n) is 21.6. The number of alkyl halides is 6. The third-order valence-corrected chi connectivity index (χ3v) is 7.78. The highest BCUT2D eigenvalue weighted by atomic mass is 32.1. The molecule has 43 heavy (non-hydrogen) atoms. The van der Waals surface area contributed by atoms with Gasteiger partial charge in [-0.25, -0.2) is 14.5 Å². The number of aryl methyl sites for hydroxylation is 1. The number of benzene rings is 2. The summed E-state index contributed by atoms with van der Waals surface area (Å²) in [4.78, 5) is 33.2. The van der Waals surface area contributed by atoms with Gasteiger partial charge in [0.25, 0.3) is 11.8 Å². The minimum Gasteiger partial charge on any atom is -0.365 e. The molecule has 0 radical (unpaired) electrons. The second-order valence-corrected chi connectivity index (χ2v) is 10.5. The maximum atomic E-state index is 14.2. The normalized spacial score (nSPS) is 12.3. The van der Waals surface area contributed by atoms with E-state index in [-0.39, 0.29) is 37.6 Å². The fraction of sp³-hybridized carbons (Fsp3) is 0.107.